The zero-order valence-corrected chi connectivity index (χ0v) is 10.3. The van der Waals surface area contributed by atoms with Gasteiger partial charge in [0, 0.05) is 0 Å². The first-order valence-corrected chi connectivity index (χ1v) is 6.59. The van der Waals surface area contributed by atoms with E-state index in [0.717, 1.165) is 0 Å². The van der Waals surface area contributed by atoms with E-state index in [4.69, 9.17) is 0 Å². The summed E-state index contributed by atoms with van der Waals surface area (Å²) in [5, 5.41) is 0. The summed E-state index contributed by atoms with van der Waals surface area (Å²) in [6, 6.07) is 0. The minimum Gasteiger partial charge on any atom is -0.201 e. The average molecular weight is 407 g/mol. The van der Waals surface area contributed by atoms with Crippen molar-refractivity contribution in [2.24, 2.45) is 0 Å². The van der Waals surface area contributed by atoms with Crippen LogP contribution in [0.5, 0.6) is 0 Å². The molecule has 14 heteroatoms. The second-order valence-corrected chi connectivity index (χ2v) is 8.12. The van der Waals surface area contributed by atoms with Crippen LogP contribution < -0.4 is 0 Å². The maximum atomic E-state index is 11.7. The van der Waals surface area contributed by atoms with E-state index in [9.17, 15) is 43.2 Å². The molecule has 0 heterocycles. The Kier molecular flexibility index (Phi) is 4.17. The second-order valence-electron chi connectivity index (χ2n) is 2.05. The van der Waals surface area contributed by atoms with E-state index in [1.807, 2.05) is 0 Å². The lowest BCUT2D eigenvalue weighted by molar-refractivity contribution is -0.0498. The minimum absolute atomic E-state index is 0.105. The highest BCUT2D eigenvalue weighted by Crippen LogP contribution is 2.37. The Hall–Kier alpha value is 0.170. The number of hydrogen-bond acceptors (Lipinski definition) is 4. The van der Waals surface area contributed by atoms with Crippen LogP contribution in [-0.2, 0) is 20.0 Å². The molecule has 0 saturated heterocycles. The molecule has 0 spiro atoms. The Bertz CT molecular complexity index is 416. The molecule has 0 aliphatic heterocycles. The Morgan fingerprint density at radius 2 is 0.938 bits per heavy atom. The predicted molar refractivity (Wildman–Crippen MR) is 45.8 cm³/mol. The molecular weight excluding hydrogens is 407 g/mol. The topological polar surface area (TPSA) is 71.5 Å². The predicted octanol–water partition coefficient (Wildman–Crippen LogP) is 1.34. The van der Waals surface area contributed by atoms with Gasteiger partial charge in [0.1, 0.15) is 0 Å². The molecule has 0 N–H and O–H groups in total. The van der Waals surface area contributed by atoms with Crippen LogP contribution in [0.1, 0.15) is 0 Å². The molecule has 0 radical (unpaired) electrons. The lowest BCUT2D eigenvalue weighted by Gasteiger charge is -2.17. The van der Waals surface area contributed by atoms with E-state index >= 15 is 0 Å². The molecule has 0 aromatic rings. The number of halogens is 7. The third-order valence-corrected chi connectivity index (χ3v) is 7.18. The van der Waals surface area contributed by atoms with Gasteiger partial charge in [0.05, 0.1) is 22.9 Å². The lowest BCUT2D eigenvalue weighted by Crippen LogP contribution is -2.43. The summed E-state index contributed by atoms with van der Waals surface area (Å²) in [4.78, 5) is 0. The quantitative estimate of drug-likeness (QED) is 0.394. The molecule has 0 bridgehead atoms. The average Bonchev–Trinajstić information content (AvgIpc) is 1.98. The number of hydrogen-bond donors (Lipinski definition) is 0. The molecule has 16 heavy (non-hydrogen) atoms. The summed E-state index contributed by atoms with van der Waals surface area (Å²) in [6.07, 6.45) is 0. The maximum Gasteiger partial charge on any atom is 0.513 e. The third-order valence-electron chi connectivity index (χ3n) is 0.963. The zero-order chi connectivity index (χ0) is 13.6. The zero-order valence-electron chi connectivity index (χ0n) is 6.54. The normalized spacial score (nSPS) is 15.5. The van der Waals surface area contributed by atoms with Crippen molar-refractivity contribution >= 4 is 42.9 Å². The first kappa shape index (κ1) is 16.2. The van der Waals surface area contributed by atoms with Crippen molar-refractivity contribution in [2.45, 2.75) is 11.0 Å². The van der Waals surface area contributed by atoms with E-state index < -0.39 is 33.0 Å². The van der Waals surface area contributed by atoms with Gasteiger partial charge in [0.15, 0.2) is 0 Å². The van der Waals surface area contributed by atoms with Crippen molar-refractivity contribution in [1.29, 1.82) is 0 Å². The van der Waals surface area contributed by atoms with E-state index in [-0.39, 0.29) is 22.9 Å². The summed E-state index contributed by atoms with van der Waals surface area (Å²) in [5.74, 6) is 0. The van der Waals surface area contributed by atoms with Gasteiger partial charge in [-0.25, -0.2) is 16.8 Å². The SMILES string of the molecule is O=S(=O)(N(I)S(=O)(=O)C(F)(F)F)C(F)(F)F. The molecule has 0 amide bonds. The monoisotopic (exact) mass is 407 g/mol. The minimum atomic E-state index is -6.61. The van der Waals surface area contributed by atoms with Crippen molar-refractivity contribution in [3.05, 3.63) is 0 Å². The maximum absolute atomic E-state index is 11.7. The van der Waals surface area contributed by atoms with Gasteiger partial charge >= 0.3 is 31.1 Å². The Balaban J connectivity index is 5.70. The molecule has 0 aromatic heterocycles. The van der Waals surface area contributed by atoms with Gasteiger partial charge in [-0.05, 0) is 1.92 Å². The molecule has 0 saturated carbocycles. The van der Waals surface area contributed by atoms with Gasteiger partial charge in [0.2, 0.25) is 0 Å². The number of nitrogens with zero attached hydrogens (tertiary/aromatic N) is 1. The molecule has 0 aliphatic rings. The fourth-order valence-electron chi connectivity index (χ4n) is 0.292. The smallest absolute Gasteiger partial charge is 0.201 e. The van der Waals surface area contributed by atoms with Crippen molar-refractivity contribution in [3.8, 4) is 0 Å². The summed E-state index contributed by atoms with van der Waals surface area (Å²) in [7, 11) is -13.2. The van der Waals surface area contributed by atoms with Crippen LogP contribution >= 0.6 is 22.9 Å². The van der Waals surface area contributed by atoms with Gasteiger partial charge in [0.25, 0.3) is 0 Å². The molecule has 0 aliphatic carbocycles. The highest BCUT2D eigenvalue weighted by molar-refractivity contribution is 14.1. The largest absolute Gasteiger partial charge is 0.513 e. The van der Waals surface area contributed by atoms with Crippen LogP contribution in [0.4, 0.5) is 26.3 Å². The molecule has 0 rings (SSSR count). The Morgan fingerprint density at radius 1 is 0.750 bits per heavy atom. The first-order valence-electron chi connectivity index (χ1n) is 2.74. The van der Waals surface area contributed by atoms with E-state index in [0.29, 0.717) is 0 Å². The van der Waals surface area contributed by atoms with E-state index in [2.05, 4.69) is 0 Å². The van der Waals surface area contributed by atoms with Crippen LogP contribution in [0.3, 0.4) is 0 Å². The van der Waals surface area contributed by atoms with E-state index in [1.54, 1.807) is 0 Å². The fourth-order valence-corrected chi connectivity index (χ4v) is 3.50. The molecule has 5 nitrogen and oxygen atoms in total. The van der Waals surface area contributed by atoms with Crippen LogP contribution in [-0.4, -0.2) is 29.8 Å². The molecule has 0 fully saturated rings. The standard InChI is InChI=1S/C2F6INO4S2/c3-1(4,5)15(11,12)10(9)16(13,14)2(6,7)8. The van der Waals surface area contributed by atoms with Crippen molar-refractivity contribution < 1.29 is 43.2 Å². The Morgan fingerprint density at radius 3 is 1.06 bits per heavy atom. The highest BCUT2D eigenvalue weighted by atomic mass is 127. The summed E-state index contributed by atoms with van der Waals surface area (Å²) < 4.78 is 110. The van der Waals surface area contributed by atoms with Gasteiger partial charge in [-0.3, -0.25) is 0 Å². The van der Waals surface area contributed by atoms with Crippen LogP contribution in [0, 0.1) is 0 Å². The molecule has 0 atom stereocenters. The van der Waals surface area contributed by atoms with Crippen molar-refractivity contribution in [2.75, 3.05) is 0 Å². The second kappa shape index (κ2) is 4.13. The van der Waals surface area contributed by atoms with Crippen LogP contribution in [0.2, 0.25) is 0 Å². The molecular formula is C2F6INO4S2. The van der Waals surface area contributed by atoms with E-state index in [1.165, 1.54) is 0 Å². The van der Waals surface area contributed by atoms with Gasteiger partial charge in [-0.15, -0.1) is 0 Å². The fraction of sp³-hybridized carbons (Fsp3) is 1.00. The molecule has 0 aromatic carbocycles. The van der Waals surface area contributed by atoms with Crippen LogP contribution in [0.15, 0.2) is 0 Å². The summed E-state index contributed by atoms with van der Waals surface area (Å²) in [6.45, 7) is 0. The number of sulfonamides is 2. The van der Waals surface area contributed by atoms with Gasteiger partial charge < -0.3 is 0 Å². The third kappa shape index (κ3) is 2.70. The number of alkyl halides is 6. The lowest BCUT2D eigenvalue weighted by atomic mass is 11.6. The molecule has 98 valence electrons. The van der Waals surface area contributed by atoms with Gasteiger partial charge in [-0.1, -0.05) is 0 Å². The number of rotatable bonds is 2. The van der Waals surface area contributed by atoms with Crippen molar-refractivity contribution in [3.63, 3.8) is 0 Å². The van der Waals surface area contributed by atoms with Crippen molar-refractivity contribution in [1.82, 2.24) is 1.92 Å². The van der Waals surface area contributed by atoms with Gasteiger partial charge in [-0.2, -0.15) is 26.3 Å². The Labute approximate surface area is 99.0 Å². The summed E-state index contributed by atoms with van der Waals surface area (Å²) >= 11 is -0.105. The first-order chi connectivity index (χ1) is 6.65. The summed E-state index contributed by atoms with van der Waals surface area (Å²) in [5.41, 5.74) is -12.3. The highest BCUT2D eigenvalue weighted by Gasteiger charge is 2.61. The van der Waals surface area contributed by atoms with Crippen LogP contribution in [0.25, 0.3) is 0 Å². The molecule has 0 unspecified atom stereocenters.